The van der Waals surface area contributed by atoms with Gasteiger partial charge in [0.2, 0.25) is 0 Å². The molecule has 0 aliphatic heterocycles. The third-order valence-corrected chi connectivity index (χ3v) is 6.45. The van der Waals surface area contributed by atoms with Gasteiger partial charge in [-0.15, -0.1) is 22.2 Å². The van der Waals surface area contributed by atoms with Crippen LogP contribution in [0.15, 0.2) is 84.9 Å². The van der Waals surface area contributed by atoms with Gasteiger partial charge >= 0.3 is 0 Å². The monoisotopic (exact) mass is 414 g/mol. The van der Waals surface area contributed by atoms with Crippen LogP contribution in [0.3, 0.4) is 0 Å². The zero-order valence-electron chi connectivity index (χ0n) is 17.2. The van der Waals surface area contributed by atoms with Crippen LogP contribution in [0.5, 0.6) is 0 Å². The summed E-state index contributed by atoms with van der Waals surface area (Å²) in [4.78, 5) is 0. The maximum atomic E-state index is 3.35. The molecule has 0 spiro atoms. The van der Waals surface area contributed by atoms with E-state index in [1.165, 1.54) is 0 Å². The average Bonchev–Trinajstić information content (AvgIpc) is 2.80. The highest BCUT2D eigenvalue weighted by Crippen LogP contribution is 2.03. The molecule has 0 aromatic heterocycles. The molecular formula is C28H22Si2. The summed E-state index contributed by atoms with van der Waals surface area (Å²) in [6.07, 6.45) is 0. The van der Waals surface area contributed by atoms with Gasteiger partial charge in [-0.3, -0.25) is 0 Å². The van der Waals surface area contributed by atoms with Crippen molar-refractivity contribution in [2.45, 2.75) is 13.1 Å². The first-order chi connectivity index (χ1) is 14.7. The van der Waals surface area contributed by atoms with E-state index in [9.17, 15) is 0 Å². The Kier molecular flexibility index (Phi) is 7.97. The van der Waals surface area contributed by atoms with Crippen LogP contribution in [0.2, 0.25) is 13.1 Å². The zero-order chi connectivity index (χ0) is 21.0. The summed E-state index contributed by atoms with van der Waals surface area (Å²) in [5.74, 6) is 13.0. The van der Waals surface area contributed by atoms with E-state index in [1.807, 2.05) is 78.9 Å². The maximum Gasteiger partial charge on any atom is 0.200 e. The van der Waals surface area contributed by atoms with Gasteiger partial charge in [0.05, 0.1) is 0 Å². The van der Waals surface area contributed by atoms with Gasteiger partial charge in [-0.25, -0.2) is 0 Å². The molecule has 2 heteroatoms. The lowest BCUT2D eigenvalue weighted by molar-refractivity contribution is 1.60. The van der Waals surface area contributed by atoms with Crippen molar-refractivity contribution >= 4 is 17.6 Å². The van der Waals surface area contributed by atoms with Gasteiger partial charge in [-0.05, 0) is 42.5 Å². The lowest BCUT2D eigenvalue weighted by Gasteiger charge is -1.94. The smallest absolute Gasteiger partial charge is 0.114 e. The van der Waals surface area contributed by atoms with E-state index in [2.05, 4.69) is 65.0 Å². The highest BCUT2D eigenvalue weighted by Gasteiger charge is 1.96. The average molecular weight is 415 g/mol. The fourth-order valence-corrected chi connectivity index (χ4v) is 4.23. The lowest BCUT2D eigenvalue weighted by atomic mass is 10.1. The number of rotatable bonds is 0. The molecule has 0 saturated carbocycles. The topological polar surface area (TPSA) is 0 Å². The Balaban J connectivity index is 1.65. The molecule has 142 valence electrons. The highest BCUT2D eigenvalue weighted by atomic mass is 28.3. The Labute approximate surface area is 183 Å². The first-order valence-electron chi connectivity index (χ1n) is 9.95. The fraction of sp³-hybridized carbons (Fsp3) is 0.0714. The maximum absolute atomic E-state index is 3.35. The van der Waals surface area contributed by atoms with Crippen molar-refractivity contribution in [1.29, 1.82) is 0 Å². The molecule has 3 rings (SSSR count). The Bertz CT molecular complexity index is 1130. The zero-order valence-corrected chi connectivity index (χ0v) is 19.5. The molecule has 0 aliphatic carbocycles. The molecular weight excluding hydrogens is 392 g/mol. The molecule has 3 aromatic carbocycles. The first-order valence-corrected chi connectivity index (χ1v) is 14.6. The predicted molar refractivity (Wildman–Crippen MR) is 133 cm³/mol. The predicted octanol–water partition coefficient (Wildman–Crippen LogP) is 4.36. The molecule has 0 N–H and O–H groups in total. The number of hydrogen-bond donors (Lipinski definition) is 0. The van der Waals surface area contributed by atoms with E-state index in [0.29, 0.717) is 0 Å². The van der Waals surface area contributed by atoms with Crippen LogP contribution in [0.25, 0.3) is 0 Å². The van der Waals surface area contributed by atoms with Crippen molar-refractivity contribution in [2.24, 2.45) is 0 Å². The third-order valence-electron chi connectivity index (χ3n) is 4.14. The molecule has 2 unspecified atom stereocenters. The molecule has 30 heavy (non-hydrogen) atoms. The normalized spacial score (nSPS) is 11.0. The molecule has 3 aromatic rings. The van der Waals surface area contributed by atoms with E-state index in [0.717, 1.165) is 22.3 Å². The Hall–Kier alpha value is -3.67. The van der Waals surface area contributed by atoms with E-state index in [-0.39, 0.29) is 0 Å². The van der Waals surface area contributed by atoms with Gasteiger partial charge in [0.1, 0.15) is 0 Å². The minimum absolute atomic E-state index is 0.993. The molecule has 0 aliphatic rings. The molecule has 0 bridgehead atoms. The van der Waals surface area contributed by atoms with Crippen molar-refractivity contribution in [3.8, 4) is 45.9 Å². The van der Waals surface area contributed by atoms with Crippen LogP contribution in [0.4, 0.5) is 0 Å². The standard InChI is InChI=1S/C28H22Si2/c1-29(20-16-25-10-5-3-6-11-25)22-18-27-14-9-15-28(24-27)19-23-30(2)21-17-26-12-7-4-8-13-26/h3-15,24,29-30H,1-2H3. The minimum atomic E-state index is -1.40. The quantitative estimate of drug-likeness (QED) is 0.379. The van der Waals surface area contributed by atoms with Gasteiger partial charge in [-0.1, -0.05) is 79.2 Å². The van der Waals surface area contributed by atoms with Crippen LogP contribution in [-0.2, 0) is 0 Å². The van der Waals surface area contributed by atoms with Gasteiger partial charge in [0.15, 0.2) is 17.6 Å². The fourth-order valence-electron chi connectivity index (χ4n) is 2.56. The van der Waals surface area contributed by atoms with Crippen LogP contribution in [0, 0.1) is 45.9 Å². The van der Waals surface area contributed by atoms with Crippen LogP contribution in [-0.4, -0.2) is 17.6 Å². The summed E-state index contributed by atoms with van der Waals surface area (Å²) in [6, 6.07) is 28.2. The van der Waals surface area contributed by atoms with Gasteiger partial charge in [0, 0.05) is 22.3 Å². The SMILES string of the molecule is C[SiH](C#Cc1ccccc1)C#Cc1cccc(C#C[SiH](C)C#Cc2ccccc2)c1. The van der Waals surface area contributed by atoms with E-state index in [4.69, 9.17) is 0 Å². The van der Waals surface area contributed by atoms with Gasteiger partial charge in [-0.2, -0.15) is 0 Å². The second-order valence-electron chi connectivity index (χ2n) is 6.83. The minimum Gasteiger partial charge on any atom is -0.114 e. The summed E-state index contributed by atoms with van der Waals surface area (Å²) in [5, 5.41) is 0. The number of hydrogen-bond acceptors (Lipinski definition) is 0. The summed E-state index contributed by atoms with van der Waals surface area (Å²) in [6.45, 7) is 4.32. The molecule has 0 heterocycles. The largest absolute Gasteiger partial charge is 0.200 e. The molecule has 0 fully saturated rings. The Morgan fingerprint density at radius 2 is 0.767 bits per heavy atom. The van der Waals surface area contributed by atoms with E-state index >= 15 is 0 Å². The molecule has 0 amide bonds. The third kappa shape index (κ3) is 7.39. The summed E-state index contributed by atoms with van der Waals surface area (Å²) >= 11 is 0. The van der Waals surface area contributed by atoms with Crippen LogP contribution in [0.1, 0.15) is 22.3 Å². The molecule has 0 nitrogen and oxygen atoms in total. The summed E-state index contributed by atoms with van der Waals surface area (Å²) in [5.41, 5.74) is 17.4. The van der Waals surface area contributed by atoms with Crippen LogP contribution >= 0.6 is 0 Å². The molecule has 2 atom stereocenters. The van der Waals surface area contributed by atoms with Crippen LogP contribution < -0.4 is 0 Å². The van der Waals surface area contributed by atoms with Crippen molar-refractivity contribution in [3.05, 3.63) is 107 Å². The Morgan fingerprint density at radius 3 is 1.17 bits per heavy atom. The van der Waals surface area contributed by atoms with Crippen molar-refractivity contribution in [2.75, 3.05) is 0 Å². The van der Waals surface area contributed by atoms with E-state index < -0.39 is 17.6 Å². The molecule has 0 radical (unpaired) electrons. The first kappa shape index (κ1) is 21.1. The second kappa shape index (κ2) is 11.4. The van der Waals surface area contributed by atoms with Crippen molar-refractivity contribution in [3.63, 3.8) is 0 Å². The van der Waals surface area contributed by atoms with E-state index in [1.54, 1.807) is 0 Å². The van der Waals surface area contributed by atoms with Crippen molar-refractivity contribution in [1.82, 2.24) is 0 Å². The Morgan fingerprint density at radius 1 is 0.433 bits per heavy atom. The summed E-state index contributed by atoms with van der Waals surface area (Å²) < 4.78 is 0. The van der Waals surface area contributed by atoms with Crippen molar-refractivity contribution < 1.29 is 0 Å². The lowest BCUT2D eigenvalue weighted by Crippen LogP contribution is -2.00. The highest BCUT2D eigenvalue weighted by molar-refractivity contribution is 6.74. The number of benzene rings is 3. The van der Waals surface area contributed by atoms with Gasteiger partial charge < -0.3 is 0 Å². The second-order valence-corrected chi connectivity index (χ2v) is 10.9. The van der Waals surface area contributed by atoms with Gasteiger partial charge in [0.25, 0.3) is 0 Å². The summed E-state index contributed by atoms with van der Waals surface area (Å²) in [7, 11) is -2.80. The molecule has 0 saturated heterocycles.